The highest BCUT2D eigenvalue weighted by Gasteiger charge is 2.20. The van der Waals surface area contributed by atoms with Crippen LogP contribution in [0.15, 0.2) is 40.9 Å². The molecule has 1 aliphatic rings. The molecule has 0 aliphatic carbocycles. The summed E-state index contributed by atoms with van der Waals surface area (Å²) in [5.74, 6) is 2.26. The van der Waals surface area contributed by atoms with Crippen LogP contribution in [-0.4, -0.2) is 35.2 Å². The third-order valence-corrected chi connectivity index (χ3v) is 5.02. The van der Waals surface area contributed by atoms with E-state index in [2.05, 4.69) is 34.4 Å². The summed E-state index contributed by atoms with van der Waals surface area (Å²) in [5, 5.41) is 7.39. The molecule has 1 aliphatic heterocycles. The van der Waals surface area contributed by atoms with Crippen LogP contribution in [0.3, 0.4) is 0 Å². The molecule has 1 atom stereocenters. The van der Waals surface area contributed by atoms with Gasteiger partial charge in [0.25, 0.3) is 5.91 Å². The lowest BCUT2D eigenvalue weighted by Crippen LogP contribution is -2.37. The average molecular weight is 380 g/mol. The van der Waals surface area contributed by atoms with Gasteiger partial charge in [0.1, 0.15) is 22.8 Å². The first-order chi connectivity index (χ1) is 13.6. The summed E-state index contributed by atoms with van der Waals surface area (Å²) >= 11 is 0. The Kier molecular flexibility index (Phi) is 5.14. The standard InChI is InChI=1S/C21H24N4O3/c1-14-6-3-4-11-25(14)19-10-9-16-7-5-8-17(21(16)23-19)27-13-20(26)22-18-12-15(2)28-24-18/h5,7-10,12,14H,3-4,6,11,13H2,1-2H3,(H,22,24,26). The monoisotopic (exact) mass is 380 g/mol. The Bertz CT molecular complexity index is 985. The van der Waals surface area contributed by atoms with Crippen LogP contribution in [0, 0.1) is 6.92 Å². The van der Waals surface area contributed by atoms with Crippen molar-refractivity contribution < 1.29 is 14.1 Å². The van der Waals surface area contributed by atoms with Crippen molar-refractivity contribution in [2.75, 3.05) is 23.4 Å². The Hall–Kier alpha value is -3.09. The van der Waals surface area contributed by atoms with Crippen LogP contribution in [0.2, 0.25) is 0 Å². The van der Waals surface area contributed by atoms with Crippen LogP contribution in [0.1, 0.15) is 31.9 Å². The summed E-state index contributed by atoms with van der Waals surface area (Å²) in [4.78, 5) is 19.3. The zero-order chi connectivity index (χ0) is 19.5. The van der Waals surface area contributed by atoms with Crippen molar-refractivity contribution in [2.24, 2.45) is 0 Å². The molecule has 1 fully saturated rings. The molecule has 7 nitrogen and oxygen atoms in total. The van der Waals surface area contributed by atoms with Gasteiger partial charge in [0, 0.05) is 24.0 Å². The number of aromatic nitrogens is 2. The maximum Gasteiger partial charge on any atom is 0.263 e. The van der Waals surface area contributed by atoms with Gasteiger partial charge in [-0.05, 0) is 51.3 Å². The third kappa shape index (κ3) is 3.93. The fourth-order valence-corrected chi connectivity index (χ4v) is 3.57. The minimum absolute atomic E-state index is 0.128. The minimum atomic E-state index is -0.300. The lowest BCUT2D eigenvalue weighted by Gasteiger charge is -2.34. The molecule has 2 aromatic heterocycles. The van der Waals surface area contributed by atoms with E-state index in [1.807, 2.05) is 18.2 Å². The molecule has 3 aromatic rings. The number of carbonyl (C=O) groups excluding carboxylic acids is 1. The summed E-state index contributed by atoms with van der Waals surface area (Å²) < 4.78 is 10.7. The van der Waals surface area contributed by atoms with E-state index in [0.717, 1.165) is 23.3 Å². The summed E-state index contributed by atoms with van der Waals surface area (Å²) in [6.07, 6.45) is 3.63. The Balaban J connectivity index is 1.51. The normalized spacial score (nSPS) is 16.9. The van der Waals surface area contributed by atoms with Crippen molar-refractivity contribution in [2.45, 2.75) is 39.2 Å². The number of aryl methyl sites for hydroxylation is 1. The number of anilines is 2. The van der Waals surface area contributed by atoms with E-state index in [1.54, 1.807) is 13.0 Å². The third-order valence-electron chi connectivity index (χ3n) is 5.02. The van der Waals surface area contributed by atoms with Crippen molar-refractivity contribution in [3.05, 3.63) is 42.2 Å². The van der Waals surface area contributed by atoms with Gasteiger partial charge in [0.2, 0.25) is 0 Å². The summed E-state index contributed by atoms with van der Waals surface area (Å²) in [6.45, 7) is 4.89. The van der Waals surface area contributed by atoms with Crippen molar-refractivity contribution >= 4 is 28.4 Å². The Morgan fingerprint density at radius 3 is 3.00 bits per heavy atom. The number of nitrogens with zero attached hydrogens (tertiary/aromatic N) is 3. The molecule has 1 unspecified atom stereocenters. The number of ether oxygens (including phenoxy) is 1. The van der Waals surface area contributed by atoms with Gasteiger partial charge in [-0.25, -0.2) is 4.98 Å². The minimum Gasteiger partial charge on any atom is -0.481 e. The molecule has 3 heterocycles. The number of pyridine rings is 1. The van der Waals surface area contributed by atoms with Crippen LogP contribution in [-0.2, 0) is 4.79 Å². The maximum absolute atomic E-state index is 12.1. The molecular weight excluding hydrogens is 356 g/mol. The Morgan fingerprint density at radius 2 is 2.21 bits per heavy atom. The Labute approximate surface area is 163 Å². The quantitative estimate of drug-likeness (QED) is 0.722. The number of hydrogen-bond donors (Lipinski definition) is 1. The molecule has 28 heavy (non-hydrogen) atoms. The first kappa shape index (κ1) is 18.3. The Morgan fingerprint density at radius 1 is 1.32 bits per heavy atom. The van der Waals surface area contributed by atoms with E-state index >= 15 is 0 Å². The lowest BCUT2D eigenvalue weighted by molar-refractivity contribution is -0.118. The molecule has 1 saturated heterocycles. The molecule has 1 amide bonds. The fourth-order valence-electron chi connectivity index (χ4n) is 3.57. The smallest absolute Gasteiger partial charge is 0.263 e. The van der Waals surface area contributed by atoms with Gasteiger partial charge in [-0.1, -0.05) is 17.3 Å². The molecule has 0 spiro atoms. The molecule has 0 saturated carbocycles. The molecule has 0 bridgehead atoms. The van der Waals surface area contributed by atoms with Gasteiger partial charge in [0.05, 0.1) is 0 Å². The largest absolute Gasteiger partial charge is 0.481 e. The van der Waals surface area contributed by atoms with Crippen LogP contribution in [0.25, 0.3) is 10.9 Å². The van der Waals surface area contributed by atoms with Crippen molar-refractivity contribution in [3.63, 3.8) is 0 Å². The number of hydrogen-bond acceptors (Lipinski definition) is 6. The van der Waals surface area contributed by atoms with E-state index in [-0.39, 0.29) is 12.5 Å². The second kappa shape index (κ2) is 7.88. The van der Waals surface area contributed by atoms with Gasteiger partial charge in [0.15, 0.2) is 12.4 Å². The molecule has 7 heteroatoms. The predicted molar refractivity (Wildman–Crippen MR) is 108 cm³/mol. The van der Waals surface area contributed by atoms with E-state index < -0.39 is 0 Å². The van der Waals surface area contributed by atoms with Crippen LogP contribution in [0.5, 0.6) is 5.75 Å². The highest BCUT2D eigenvalue weighted by atomic mass is 16.5. The molecule has 4 rings (SSSR count). The van der Waals surface area contributed by atoms with E-state index in [9.17, 15) is 4.79 Å². The van der Waals surface area contributed by atoms with Crippen LogP contribution >= 0.6 is 0 Å². The number of benzene rings is 1. The topological polar surface area (TPSA) is 80.5 Å². The molecule has 1 N–H and O–H groups in total. The van der Waals surface area contributed by atoms with Crippen molar-refractivity contribution in [1.82, 2.24) is 10.1 Å². The predicted octanol–water partition coefficient (Wildman–Crippen LogP) is 3.93. The summed E-state index contributed by atoms with van der Waals surface area (Å²) in [5.41, 5.74) is 0.767. The zero-order valence-electron chi connectivity index (χ0n) is 16.1. The number of fused-ring (bicyclic) bond motifs is 1. The average Bonchev–Trinajstić information content (AvgIpc) is 3.11. The molecule has 0 radical (unpaired) electrons. The molecule has 146 valence electrons. The fraction of sp³-hybridized carbons (Fsp3) is 0.381. The van der Waals surface area contributed by atoms with Gasteiger partial charge < -0.3 is 19.5 Å². The molecule has 1 aromatic carbocycles. The van der Waals surface area contributed by atoms with E-state index in [4.69, 9.17) is 14.2 Å². The second-order valence-corrected chi connectivity index (χ2v) is 7.20. The van der Waals surface area contributed by atoms with Crippen molar-refractivity contribution in [3.8, 4) is 5.75 Å². The van der Waals surface area contributed by atoms with Gasteiger partial charge in [-0.15, -0.1) is 0 Å². The van der Waals surface area contributed by atoms with Crippen LogP contribution in [0.4, 0.5) is 11.6 Å². The van der Waals surface area contributed by atoms with Crippen molar-refractivity contribution in [1.29, 1.82) is 0 Å². The SMILES string of the molecule is Cc1cc(NC(=O)COc2cccc3ccc(N4CCCCC4C)nc23)no1. The van der Waals surface area contributed by atoms with E-state index in [0.29, 0.717) is 23.4 Å². The number of para-hydroxylation sites is 1. The summed E-state index contributed by atoms with van der Waals surface area (Å²) in [7, 11) is 0. The first-order valence-electron chi connectivity index (χ1n) is 9.62. The number of piperidine rings is 1. The number of rotatable bonds is 5. The number of carbonyl (C=O) groups is 1. The van der Waals surface area contributed by atoms with Gasteiger partial charge in [-0.2, -0.15) is 0 Å². The van der Waals surface area contributed by atoms with Gasteiger partial charge >= 0.3 is 0 Å². The van der Waals surface area contributed by atoms with E-state index in [1.165, 1.54) is 19.3 Å². The second-order valence-electron chi connectivity index (χ2n) is 7.20. The lowest BCUT2D eigenvalue weighted by atomic mass is 10.0. The number of nitrogens with one attached hydrogen (secondary N) is 1. The highest BCUT2D eigenvalue weighted by Crippen LogP contribution is 2.29. The summed E-state index contributed by atoms with van der Waals surface area (Å²) in [6, 6.07) is 12.0. The maximum atomic E-state index is 12.1. The number of amides is 1. The first-order valence-corrected chi connectivity index (χ1v) is 9.62. The van der Waals surface area contributed by atoms with Gasteiger partial charge in [-0.3, -0.25) is 4.79 Å². The van der Waals surface area contributed by atoms with Crippen LogP contribution < -0.4 is 15.0 Å². The zero-order valence-corrected chi connectivity index (χ0v) is 16.1. The molecular formula is C21H24N4O3. The highest BCUT2D eigenvalue weighted by molar-refractivity contribution is 5.91.